The van der Waals surface area contributed by atoms with E-state index in [4.69, 9.17) is 10.00 Å². The van der Waals surface area contributed by atoms with E-state index in [1.807, 2.05) is 18.2 Å². The van der Waals surface area contributed by atoms with Gasteiger partial charge in [0.25, 0.3) is 0 Å². The third-order valence-electron chi connectivity index (χ3n) is 3.14. The van der Waals surface area contributed by atoms with E-state index in [1.54, 1.807) is 12.1 Å². The molecule has 0 spiro atoms. The first-order chi connectivity index (χ1) is 10.3. The molecule has 0 saturated heterocycles. The molecular weight excluding hydrogens is 264 g/mol. The Hall–Kier alpha value is -2.02. The first kappa shape index (κ1) is 17.0. The molecule has 21 heavy (non-hydrogen) atoms. The third-order valence-corrected chi connectivity index (χ3v) is 3.14. The molecule has 1 amide bonds. The predicted molar refractivity (Wildman–Crippen MR) is 84.2 cm³/mol. The van der Waals surface area contributed by atoms with Crippen molar-refractivity contribution >= 4 is 11.6 Å². The number of ether oxygens (including phenoxy) is 1. The fraction of sp³-hybridized carbons (Fsp3) is 0.529. The van der Waals surface area contributed by atoms with E-state index >= 15 is 0 Å². The Morgan fingerprint density at radius 1 is 1.14 bits per heavy atom. The van der Waals surface area contributed by atoms with Gasteiger partial charge in [-0.2, -0.15) is 5.26 Å². The van der Waals surface area contributed by atoms with Crippen molar-refractivity contribution in [1.82, 2.24) is 0 Å². The topological polar surface area (TPSA) is 62.1 Å². The number of benzene rings is 1. The van der Waals surface area contributed by atoms with E-state index in [2.05, 4.69) is 12.2 Å². The number of anilines is 1. The van der Waals surface area contributed by atoms with Crippen LogP contribution in [-0.2, 0) is 4.79 Å². The molecule has 0 aliphatic carbocycles. The Bertz CT molecular complexity index is 449. The van der Waals surface area contributed by atoms with Crippen LogP contribution in [0.2, 0.25) is 0 Å². The molecule has 0 atom stereocenters. The van der Waals surface area contributed by atoms with Gasteiger partial charge in [0.2, 0.25) is 5.91 Å². The lowest BCUT2D eigenvalue weighted by molar-refractivity contribution is -0.115. The van der Waals surface area contributed by atoms with Crippen LogP contribution in [0.4, 0.5) is 5.69 Å². The number of nitriles is 1. The molecule has 0 fully saturated rings. The standard InChI is InChI=1S/C17H24N2O2/c1-2-3-4-5-6-7-14-21-16-10-8-15(9-11-16)19-17(20)12-13-18/h8-11H,2-7,12,14H2,1H3,(H,19,20). The van der Waals surface area contributed by atoms with Crippen molar-refractivity contribution in [3.8, 4) is 11.8 Å². The number of unbranched alkanes of at least 4 members (excludes halogenated alkanes) is 5. The number of carbonyl (C=O) groups is 1. The van der Waals surface area contributed by atoms with Gasteiger partial charge in [-0.1, -0.05) is 39.0 Å². The summed E-state index contributed by atoms with van der Waals surface area (Å²) in [4.78, 5) is 11.3. The van der Waals surface area contributed by atoms with Gasteiger partial charge in [-0.25, -0.2) is 0 Å². The predicted octanol–water partition coefficient (Wildman–Crippen LogP) is 4.28. The zero-order chi connectivity index (χ0) is 15.3. The van der Waals surface area contributed by atoms with Crippen LogP contribution in [0.1, 0.15) is 51.9 Å². The highest BCUT2D eigenvalue weighted by Gasteiger charge is 2.01. The molecule has 0 aromatic heterocycles. The second kappa shape index (κ2) is 10.7. The summed E-state index contributed by atoms with van der Waals surface area (Å²) in [6.45, 7) is 2.95. The van der Waals surface area contributed by atoms with Gasteiger partial charge in [0.15, 0.2) is 0 Å². The van der Waals surface area contributed by atoms with Crippen molar-refractivity contribution < 1.29 is 9.53 Å². The van der Waals surface area contributed by atoms with Crippen LogP contribution in [0.25, 0.3) is 0 Å². The fourth-order valence-electron chi connectivity index (χ4n) is 1.98. The number of nitrogens with one attached hydrogen (secondary N) is 1. The van der Waals surface area contributed by atoms with Crippen molar-refractivity contribution in [1.29, 1.82) is 5.26 Å². The zero-order valence-electron chi connectivity index (χ0n) is 12.7. The summed E-state index contributed by atoms with van der Waals surface area (Å²) < 4.78 is 5.65. The van der Waals surface area contributed by atoms with Crippen LogP contribution in [0, 0.1) is 11.3 Å². The molecule has 0 saturated carbocycles. The molecule has 0 heterocycles. The van der Waals surface area contributed by atoms with Gasteiger partial charge in [-0.05, 0) is 30.7 Å². The van der Waals surface area contributed by atoms with Crippen LogP contribution in [-0.4, -0.2) is 12.5 Å². The number of nitrogens with zero attached hydrogens (tertiary/aromatic N) is 1. The summed E-state index contributed by atoms with van der Waals surface area (Å²) in [5.74, 6) is 0.514. The molecule has 0 aliphatic rings. The molecule has 4 heteroatoms. The molecule has 0 radical (unpaired) electrons. The molecule has 0 unspecified atom stereocenters. The van der Waals surface area contributed by atoms with Gasteiger partial charge in [0, 0.05) is 5.69 Å². The smallest absolute Gasteiger partial charge is 0.238 e. The molecule has 1 N–H and O–H groups in total. The number of amides is 1. The number of carbonyl (C=O) groups excluding carboxylic acids is 1. The first-order valence-corrected chi connectivity index (χ1v) is 7.66. The van der Waals surface area contributed by atoms with Crippen LogP contribution in [0.5, 0.6) is 5.75 Å². The maximum atomic E-state index is 11.3. The van der Waals surface area contributed by atoms with Crippen LogP contribution < -0.4 is 10.1 Å². The van der Waals surface area contributed by atoms with Gasteiger partial charge in [-0.3, -0.25) is 4.79 Å². The lowest BCUT2D eigenvalue weighted by atomic mass is 10.1. The van der Waals surface area contributed by atoms with Gasteiger partial charge in [0.1, 0.15) is 12.2 Å². The quantitative estimate of drug-likeness (QED) is 0.654. The average Bonchev–Trinajstić information content (AvgIpc) is 2.48. The van der Waals surface area contributed by atoms with Crippen molar-refractivity contribution in [3.63, 3.8) is 0 Å². The van der Waals surface area contributed by atoms with Crippen molar-refractivity contribution in [2.45, 2.75) is 51.9 Å². The van der Waals surface area contributed by atoms with Crippen LogP contribution in [0.3, 0.4) is 0 Å². The molecule has 4 nitrogen and oxygen atoms in total. The van der Waals surface area contributed by atoms with E-state index in [0.29, 0.717) is 5.69 Å². The second-order valence-corrected chi connectivity index (χ2v) is 5.02. The fourth-order valence-corrected chi connectivity index (χ4v) is 1.98. The summed E-state index contributed by atoms with van der Waals surface area (Å²) in [6, 6.07) is 9.05. The molecule has 0 bridgehead atoms. The molecule has 1 aromatic carbocycles. The Morgan fingerprint density at radius 2 is 1.81 bits per heavy atom. The van der Waals surface area contributed by atoms with E-state index < -0.39 is 0 Å². The number of hydrogen-bond donors (Lipinski definition) is 1. The van der Waals surface area contributed by atoms with Crippen molar-refractivity contribution in [3.05, 3.63) is 24.3 Å². The minimum atomic E-state index is -0.293. The Morgan fingerprint density at radius 3 is 2.48 bits per heavy atom. The molecule has 1 aromatic rings. The summed E-state index contributed by atoms with van der Waals surface area (Å²) in [5.41, 5.74) is 0.683. The van der Waals surface area contributed by atoms with E-state index in [9.17, 15) is 4.79 Å². The lowest BCUT2D eigenvalue weighted by Gasteiger charge is -2.07. The lowest BCUT2D eigenvalue weighted by Crippen LogP contribution is -2.09. The largest absolute Gasteiger partial charge is 0.494 e. The van der Waals surface area contributed by atoms with Crippen molar-refractivity contribution in [2.24, 2.45) is 0 Å². The Balaban J connectivity index is 2.19. The highest BCUT2D eigenvalue weighted by molar-refractivity contribution is 5.92. The average molecular weight is 288 g/mol. The second-order valence-electron chi connectivity index (χ2n) is 5.02. The maximum Gasteiger partial charge on any atom is 0.238 e. The van der Waals surface area contributed by atoms with Gasteiger partial charge >= 0.3 is 0 Å². The summed E-state index contributed by atoms with van der Waals surface area (Å²) in [7, 11) is 0. The Kier molecular flexibility index (Phi) is 8.70. The van der Waals surface area contributed by atoms with E-state index in [0.717, 1.165) is 18.8 Å². The first-order valence-electron chi connectivity index (χ1n) is 7.66. The molecule has 114 valence electrons. The summed E-state index contributed by atoms with van der Waals surface area (Å²) >= 11 is 0. The summed E-state index contributed by atoms with van der Waals surface area (Å²) in [6.07, 6.45) is 7.34. The third kappa shape index (κ3) is 7.98. The normalized spacial score (nSPS) is 9.90. The highest BCUT2D eigenvalue weighted by Crippen LogP contribution is 2.16. The van der Waals surface area contributed by atoms with E-state index in [-0.39, 0.29) is 12.3 Å². The summed E-state index contributed by atoms with van der Waals surface area (Å²) in [5, 5.41) is 11.1. The van der Waals surface area contributed by atoms with Gasteiger partial charge in [-0.15, -0.1) is 0 Å². The number of rotatable bonds is 10. The van der Waals surface area contributed by atoms with Crippen LogP contribution in [0.15, 0.2) is 24.3 Å². The molecular formula is C17H24N2O2. The zero-order valence-corrected chi connectivity index (χ0v) is 12.7. The SMILES string of the molecule is CCCCCCCCOc1ccc(NC(=O)CC#N)cc1. The minimum Gasteiger partial charge on any atom is -0.494 e. The monoisotopic (exact) mass is 288 g/mol. The highest BCUT2D eigenvalue weighted by atomic mass is 16.5. The van der Waals surface area contributed by atoms with Gasteiger partial charge in [0.05, 0.1) is 12.7 Å². The number of hydrogen-bond acceptors (Lipinski definition) is 3. The molecule has 1 rings (SSSR count). The minimum absolute atomic E-state index is 0.129. The van der Waals surface area contributed by atoms with E-state index in [1.165, 1.54) is 32.1 Å². The maximum absolute atomic E-state index is 11.3. The molecule has 0 aliphatic heterocycles. The Labute approximate surface area is 127 Å². The van der Waals surface area contributed by atoms with Crippen molar-refractivity contribution in [2.75, 3.05) is 11.9 Å². The van der Waals surface area contributed by atoms with Gasteiger partial charge < -0.3 is 10.1 Å². The van der Waals surface area contributed by atoms with Crippen LogP contribution >= 0.6 is 0 Å².